The second kappa shape index (κ2) is 26.0. The number of unbranched alkanes of at least 4 members (excludes halogenated alkanes) is 3. The Labute approximate surface area is 325 Å². The largest absolute Gasteiger partial charge is 0.480 e. The van der Waals surface area contributed by atoms with Crippen LogP contribution in [0.3, 0.4) is 0 Å². The molecule has 56 heavy (non-hydrogen) atoms. The molecular formula is C34H62N6O16. The van der Waals surface area contributed by atoms with Crippen molar-refractivity contribution in [2.45, 2.75) is 126 Å². The number of carboxylic acid groups (broad SMARTS) is 1. The maximum atomic E-state index is 12.8. The maximum absolute atomic E-state index is 12.8. The summed E-state index contributed by atoms with van der Waals surface area (Å²) in [7, 11) is 0. The van der Waals surface area contributed by atoms with E-state index in [9.17, 15) is 54.6 Å². The Balaban J connectivity index is 1.77. The highest BCUT2D eigenvalue weighted by Crippen LogP contribution is 2.22. The second-order valence-electron chi connectivity index (χ2n) is 13.9. The normalized spacial score (nSPS) is 28.3. The molecule has 2 heterocycles. The van der Waals surface area contributed by atoms with Crippen molar-refractivity contribution in [3.8, 4) is 0 Å². The summed E-state index contributed by atoms with van der Waals surface area (Å²) in [5, 5.41) is 79.2. The number of aliphatic hydroxyl groups is 6. The van der Waals surface area contributed by atoms with Gasteiger partial charge in [-0.25, -0.2) is 0 Å². The van der Waals surface area contributed by atoms with Crippen molar-refractivity contribution in [3.05, 3.63) is 0 Å². The monoisotopic (exact) mass is 810 g/mol. The van der Waals surface area contributed by atoms with E-state index in [0.717, 1.165) is 0 Å². The van der Waals surface area contributed by atoms with Crippen LogP contribution in [0.5, 0.6) is 0 Å². The number of hydrogen-bond acceptors (Lipinski definition) is 17. The molecule has 2 aliphatic heterocycles. The lowest BCUT2D eigenvalue weighted by Gasteiger charge is -2.38. The van der Waals surface area contributed by atoms with Crippen molar-refractivity contribution in [2.75, 3.05) is 59.0 Å². The Hall–Kier alpha value is -3.13. The van der Waals surface area contributed by atoms with Crippen LogP contribution in [-0.2, 0) is 42.9 Å². The smallest absolute Gasteiger partial charge is 0.320 e. The summed E-state index contributed by atoms with van der Waals surface area (Å²) in [5.74, 6) is -2.79. The molecule has 22 nitrogen and oxygen atoms in total. The highest BCUT2D eigenvalue weighted by atomic mass is 16.7. The first-order valence-corrected chi connectivity index (χ1v) is 18.9. The molecule has 0 aromatic heterocycles. The molecule has 0 spiro atoms. The molecular weight excluding hydrogens is 748 g/mol. The lowest BCUT2D eigenvalue weighted by atomic mass is 10.0. The molecule has 0 aromatic carbocycles. The van der Waals surface area contributed by atoms with Gasteiger partial charge in [-0.05, 0) is 46.0 Å². The average molecular weight is 811 g/mol. The topological polar surface area (TPSA) is 341 Å². The summed E-state index contributed by atoms with van der Waals surface area (Å²) in [6.07, 6.45) is -9.13. The minimum Gasteiger partial charge on any atom is -0.480 e. The molecule has 2 aliphatic rings. The molecule has 0 aromatic rings. The van der Waals surface area contributed by atoms with Gasteiger partial charge in [0.2, 0.25) is 23.6 Å². The van der Waals surface area contributed by atoms with E-state index in [1.165, 1.54) is 18.7 Å². The van der Waals surface area contributed by atoms with Gasteiger partial charge in [-0.1, -0.05) is 6.42 Å². The third kappa shape index (κ3) is 18.0. The molecule has 1 unspecified atom stereocenters. The standard InChI is InChI=1S/C34H62N6O16/c1-19-26(45)28(47)30(49)33(55-19)53-14-12-38-24(43)17-40(18-25(44)39-13-15-54-34-31(50)29(48)27(46)20(2)56-34)16-23(42)37-10-6-3-4-9-22(41)36-11-7-5-8-21(35)32(51)52/h19-21,26-31,33-34,45-50H,3-18,35H2,1-2H3,(H,36,41)(H,37,42)(H,38,43)(H,39,44)(H,51,52)/t19-,20-,21?,26+,27+,28+,29+,30-,31-,33+,34+/m0/s1. The second-order valence-corrected chi connectivity index (χ2v) is 13.9. The number of aliphatic hydroxyl groups excluding tert-OH is 6. The van der Waals surface area contributed by atoms with Crippen LogP contribution >= 0.6 is 0 Å². The number of ether oxygens (including phenoxy) is 4. The summed E-state index contributed by atoms with van der Waals surface area (Å²) in [5.41, 5.74) is 5.45. The van der Waals surface area contributed by atoms with Crippen molar-refractivity contribution < 1.29 is 78.7 Å². The van der Waals surface area contributed by atoms with E-state index >= 15 is 0 Å². The Morgan fingerprint density at radius 3 is 1.45 bits per heavy atom. The van der Waals surface area contributed by atoms with Crippen molar-refractivity contribution in [2.24, 2.45) is 5.73 Å². The number of aliphatic carboxylic acids is 1. The lowest BCUT2D eigenvalue weighted by molar-refractivity contribution is -0.292. The molecule has 0 radical (unpaired) electrons. The van der Waals surface area contributed by atoms with Crippen LogP contribution in [0.1, 0.15) is 58.8 Å². The van der Waals surface area contributed by atoms with Gasteiger partial charge in [-0.15, -0.1) is 0 Å². The number of carboxylic acids is 1. The molecule has 13 N–H and O–H groups in total. The molecule has 0 saturated carbocycles. The van der Waals surface area contributed by atoms with Gasteiger partial charge in [-0.2, -0.15) is 0 Å². The molecule has 2 fully saturated rings. The quantitative estimate of drug-likeness (QED) is 0.0363. The fraction of sp³-hybridized carbons (Fsp3) is 0.853. The summed E-state index contributed by atoms with van der Waals surface area (Å²) in [6, 6.07) is -0.918. The molecule has 22 heteroatoms. The van der Waals surface area contributed by atoms with Gasteiger partial charge in [0.05, 0.1) is 45.1 Å². The first-order chi connectivity index (χ1) is 26.5. The summed E-state index contributed by atoms with van der Waals surface area (Å²) >= 11 is 0. The minimum atomic E-state index is -1.52. The fourth-order valence-electron chi connectivity index (χ4n) is 5.72. The molecule has 0 bridgehead atoms. The molecule has 11 atom stereocenters. The number of nitrogens with zero attached hydrogens (tertiary/aromatic N) is 1. The van der Waals surface area contributed by atoms with E-state index in [2.05, 4.69) is 21.3 Å². The minimum absolute atomic E-state index is 0.0546. The van der Waals surface area contributed by atoms with Crippen LogP contribution in [0.25, 0.3) is 0 Å². The van der Waals surface area contributed by atoms with E-state index in [1.807, 2.05) is 0 Å². The molecule has 0 aliphatic carbocycles. The van der Waals surface area contributed by atoms with Crippen LogP contribution in [0.2, 0.25) is 0 Å². The molecule has 324 valence electrons. The van der Waals surface area contributed by atoms with Crippen molar-refractivity contribution in [3.63, 3.8) is 0 Å². The summed E-state index contributed by atoms with van der Waals surface area (Å²) in [6.45, 7) is 2.25. The van der Waals surface area contributed by atoms with Crippen molar-refractivity contribution in [1.29, 1.82) is 0 Å². The Kier molecular flexibility index (Phi) is 22.7. The number of hydrogen-bond donors (Lipinski definition) is 12. The highest BCUT2D eigenvalue weighted by Gasteiger charge is 2.43. The number of amides is 4. The number of carbonyl (C=O) groups excluding carboxylic acids is 4. The zero-order valence-corrected chi connectivity index (χ0v) is 32.0. The van der Waals surface area contributed by atoms with Gasteiger partial charge >= 0.3 is 5.97 Å². The van der Waals surface area contributed by atoms with Crippen LogP contribution in [0, 0.1) is 0 Å². The van der Waals surface area contributed by atoms with Gasteiger partial charge in [0.15, 0.2) is 12.6 Å². The lowest BCUT2D eigenvalue weighted by Crippen LogP contribution is -2.57. The number of carbonyl (C=O) groups is 5. The van der Waals surface area contributed by atoms with E-state index < -0.39 is 91.1 Å². The fourth-order valence-corrected chi connectivity index (χ4v) is 5.72. The molecule has 2 rings (SSSR count). The van der Waals surface area contributed by atoms with Crippen LogP contribution in [0.15, 0.2) is 0 Å². The number of nitrogens with one attached hydrogen (secondary N) is 4. The van der Waals surface area contributed by atoms with E-state index in [-0.39, 0.29) is 64.8 Å². The van der Waals surface area contributed by atoms with Gasteiger partial charge in [-0.3, -0.25) is 28.9 Å². The summed E-state index contributed by atoms with van der Waals surface area (Å²) < 4.78 is 21.5. The van der Waals surface area contributed by atoms with Crippen molar-refractivity contribution >= 4 is 29.6 Å². The third-order valence-electron chi connectivity index (χ3n) is 9.12. The first-order valence-electron chi connectivity index (χ1n) is 18.9. The zero-order valence-electron chi connectivity index (χ0n) is 32.0. The van der Waals surface area contributed by atoms with Crippen LogP contribution < -0.4 is 27.0 Å². The maximum Gasteiger partial charge on any atom is 0.320 e. The SMILES string of the molecule is C[C@@H]1O[C@@H](OCCNC(=O)CN(CC(=O)NCCCCCC(=O)NCCCCC(N)C(=O)O)CC(=O)NCCO[C@@H]2O[C@@H](C)[C@@H](O)[C@@H](O)[C@@H]2O)[C@@H](O)[C@H](O)[C@@H]1O. The Bertz CT molecular complexity index is 1170. The van der Waals surface area contributed by atoms with Gasteiger partial charge in [0.1, 0.15) is 42.7 Å². The number of rotatable bonds is 26. The Morgan fingerprint density at radius 2 is 1.00 bits per heavy atom. The summed E-state index contributed by atoms with van der Waals surface area (Å²) in [4.78, 5) is 62.4. The molecule has 2 saturated heterocycles. The van der Waals surface area contributed by atoms with Crippen LogP contribution in [0.4, 0.5) is 0 Å². The average Bonchev–Trinajstić information content (AvgIpc) is 3.14. The van der Waals surface area contributed by atoms with Gasteiger partial charge in [0, 0.05) is 32.6 Å². The van der Waals surface area contributed by atoms with Crippen molar-refractivity contribution in [1.82, 2.24) is 26.2 Å². The first kappa shape index (κ1) is 49.0. The highest BCUT2D eigenvalue weighted by molar-refractivity contribution is 5.84. The van der Waals surface area contributed by atoms with E-state index in [4.69, 9.17) is 29.8 Å². The van der Waals surface area contributed by atoms with Crippen LogP contribution in [-0.4, -0.2) is 197 Å². The third-order valence-corrected chi connectivity index (χ3v) is 9.12. The predicted molar refractivity (Wildman–Crippen MR) is 193 cm³/mol. The van der Waals surface area contributed by atoms with E-state index in [1.54, 1.807) is 0 Å². The molecule has 4 amide bonds. The zero-order chi connectivity index (χ0) is 41.8. The number of nitrogens with two attached hydrogens (primary N) is 1. The van der Waals surface area contributed by atoms with E-state index in [0.29, 0.717) is 45.1 Å². The van der Waals surface area contributed by atoms with Gasteiger partial charge in [0.25, 0.3) is 0 Å². The van der Waals surface area contributed by atoms with Gasteiger partial charge < -0.3 is 81.7 Å². The Morgan fingerprint density at radius 1 is 0.589 bits per heavy atom. The predicted octanol–water partition coefficient (Wildman–Crippen LogP) is -5.42.